The highest BCUT2D eigenvalue weighted by Crippen LogP contribution is 2.07. The fourth-order valence-corrected chi connectivity index (χ4v) is 0.581. The largest absolute Gasteiger partial charge is 0.350 e. The van der Waals surface area contributed by atoms with Crippen LogP contribution in [-0.2, 0) is 9.47 Å². The molecule has 0 aliphatic carbocycles. The fourth-order valence-electron chi connectivity index (χ4n) is 0.581. The predicted octanol–water partition coefficient (Wildman–Crippen LogP) is 0.582. The minimum absolute atomic E-state index is 0.227. The SMILES string of the molecule is [CH2]C1OCC(C)O1. The Kier molecular flexibility index (Phi) is 1.30. The molecule has 0 N–H and O–H groups in total. The zero-order chi connectivity index (χ0) is 5.28. The summed E-state index contributed by atoms with van der Waals surface area (Å²) in [5, 5.41) is 0. The maximum atomic E-state index is 5.03. The molecule has 41 valence electrons. The average Bonchev–Trinajstić information content (AvgIpc) is 1.87. The summed E-state index contributed by atoms with van der Waals surface area (Å²) in [4.78, 5) is 0. The highest BCUT2D eigenvalue weighted by molar-refractivity contribution is 4.59. The van der Waals surface area contributed by atoms with E-state index in [9.17, 15) is 0 Å². The summed E-state index contributed by atoms with van der Waals surface area (Å²) >= 11 is 0. The van der Waals surface area contributed by atoms with E-state index in [-0.39, 0.29) is 12.4 Å². The van der Waals surface area contributed by atoms with Crippen molar-refractivity contribution < 1.29 is 9.47 Å². The quantitative estimate of drug-likeness (QED) is 0.444. The van der Waals surface area contributed by atoms with Crippen molar-refractivity contribution in [3.8, 4) is 0 Å². The molecule has 0 saturated carbocycles. The molecule has 0 aromatic carbocycles. The molecular formula is C5H9O2. The van der Waals surface area contributed by atoms with Gasteiger partial charge in [0.05, 0.1) is 12.7 Å². The van der Waals surface area contributed by atoms with E-state index < -0.39 is 0 Å². The molecule has 7 heavy (non-hydrogen) atoms. The van der Waals surface area contributed by atoms with Crippen LogP contribution in [0.2, 0.25) is 0 Å². The van der Waals surface area contributed by atoms with Gasteiger partial charge in [0.2, 0.25) is 0 Å². The molecule has 0 amide bonds. The third-order valence-corrected chi connectivity index (χ3v) is 0.901. The van der Waals surface area contributed by atoms with E-state index in [1.54, 1.807) is 0 Å². The molecule has 1 radical (unpaired) electrons. The van der Waals surface area contributed by atoms with Gasteiger partial charge in [0.1, 0.15) is 0 Å². The second kappa shape index (κ2) is 1.80. The lowest BCUT2D eigenvalue weighted by Crippen LogP contribution is -2.03. The first-order valence-electron chi connectivity index (χ1n) is 2.39. The van der Waals surface area contributed by atoms with Gasteiger partial charge in [-0.3, -0.25) is 0 Å². The van der Waals surface area contributed by atoms with Crippen LogP contribution in [0.4, 0.5) is 0 Å². The van der Waals surface area contributed by atoms with Crippen molar-refractivity contribution >= 4 is 0 Å². The molecule has 2 nitrogen and oxygen atoms in total. The van der Waals surface area contributed by atoms with Crippen molar-refractivity contribution in [1.82, 2.24) is 0 Å². The molecule has 1 aliphatic heterocycles. The van der Waals surface area contributed by atoms with Crippen LogP contribution in [0, 0.1) is 6.92 Å². The van der Waals surface area contributed by atoms with Crippen molar-refractivity contribution in [3.63, 3.8) is 0 Å². The van der Waals surface area contributed by atoms with Gasteiger partial charge in [0.25, 0.3) is 0 Å². The zero-order valence-electron chi connectivity index (χ0n) is 4.39. The van der Waals surface area contributed by atoms with Crippen LogP contribution >= 0.6 is 0 Å². The van der Waals surface area contributed by atoms with E-state index in [4.69, 9.17) is 9.47 Å². The van der Waals surface area contributed by atoms with Crippen LogP contribution in [0.25, 0.3) is 0 Å². The maximum Gasteiger partial charge on any atom is 0.158 e. The monoisotopic (exact) mass is 101 g/mol. The minimum Gasteiger partial charge on any atom is -0.350 e. The minimum atomic E-state index is -0.227. The molecule has 0 bridgehead atoms. The normalized spacial score (nSPS) is 42.0. The summed E-state index contributed by atoms with van der Waals surface area (Å²) in [5.74, 6) is 0. The van der Waals surface area contributed by atoms with E-state index in [1.165, 1.54) is 0 Å². The first kappa shape index (κ1) is 5.06. The Morgan fingerprint density at radius 2 is 2.43 bits per heavy atom. The van der Waals surface area contributed by atoms with Crippen molar-refractivity contribution in [1.29, 1.82) is 0 Å². The van der Waals surface area contributed by atoms with Crippen LogP contribution in [0.1, 0.15) is 6.92 Å². The summed E-state index contributed by atoms with van der Waals surface area (Å²) in [6.07, 6.45) is 0.0116. The molecule has 2 unspecified atom stereocenters. The highest BCUT2D eigenvalue weighted by Gasteiger charge is 2.16. The van der Waals surface area contributed by atoms with Crippen LogP contribution in [0.5, 0.6) is 0 Å². The maximum absolute atomic E-state index is 5.03. The molecule has 0 spiro atoms. The summed E-state index contributed by atoms with van der Waals surface area (Å²) in [6.45, 7) is 6.20. The predicted molar refractivity (Wildman–Crippen MR) is 25.6 cm³/mol. The van der Waals surface area contributed by atoms with Gasteiger partial charge in [-0.15, -0.1) is 0 Å². The summed E-state index contributed by atoms with van der Waals surface area (Å²) in [6, 6.07) is 0. The first-order valence-corrected chi connectivity index (χ1v) is 2.39. The van der Waals surface area contributed by atoms with Crippen LogP contribution in [0.3, 0.4) is 0 Å². The van der Waals surface area contributed by atoms with E-state index in [2.05, 4.69) is 6.92 Å². The Hall–Kier alpha value is -0.0800. The van der Waals surface area contributed by atoms with Crippen molar-refractivity contribution in [3.05, 3.63) is 6.92 Å². The third-order valence-electron chi connectivity index (χ3n) is 0.901. The molecule has 0 aromatic rings. The summed E-state index contributed by atoms with van der Waals surface area (Å²) in [7, 11) is 0. The Labute approximate surface area is 43.4 Å². The second-order valence-corrected chi connectivity index (χ2v) is 1.71. The number of hydrogen-bond acceptors (Lipinski definition) is 2. The van der Waals surface area contributed by atoms with E-state index >= 15 is 0 Å². The molecule has 1 aliphatic rings. The second-order valence-electron chi connectivity index (χ2n) is 1.71. The molecule has 2 heteroatoms. The first-order chi connectivity index (χ1) is 3.29. The lowest BCUT2D eigenvalue weighted by molar-refractivity contribution is -0.0184. The van der Waals surface area contributed by atoms with Gasteiger partial charge >= 0.3 is 0 Å². The van der Waals surface area contributed by atoms with Gasteiger partial charge in [-0.2, -0.15) is 0 Å². The van der Waals surface area contributed by atoms with Crippen LogP contribution in [0.15, 0.2) is 0 Å². The smallest absolute Gasteiger partial charge is 0.158 e. The van der Waals surface area contributed by atoms with Crippen molar-refractivity contribution in [2.75, 3.05) is 6.61 Å². The Bertz CT molecular complexity index is 55.1. The standard InChI is InChI=1S/C5H9O2/c1-4-3-6-5(2)7-4/h4-5H,2-3H2,1H3. The highest BCUT2D eigenvalue weighted by atomic mass is 16.7. The Balaban J connectivity index is 2.26. The Morgan fingerprint density at radius 3 is 2.57 bits per heavy atom. The number of hydrogen-bond donors (Lipinski definition) is 0. The molecule has 1 saturated heterocycles. The van der Waals surface area contributed by atoms with Gasteiger partial charge in [0.15, 0.2) is 6.29 Å². The molecule has 1 rings (SSSR count). The Morgan fingerprint density at radius 1 is 1.71 bits per heavy atom. The van der Waals surface area contributed by atoms with Gasteiger partial charge in [0, 0.05) is 6.92 Å². The lowest BCUT2D eigenvalue weighted by atomic mass is 10.5. The topological polar surface area (TPSA) is 18.5 Å². The third kappa shape index (κ3) is 1.14. The van der Waals surface area contributed by atoms with Crippen LogP contribution in [-0.4, -0.2) is 19.0 Å². The van der Waals surface area contributed by atoms with Crippen molar-refractivity contribution in [2.45, 2.75) is 19.3 Å². The lowest BCUT2D eigenvalue weighted by Gasteiger charge is -1.98. The van der Waals surface area contributed by atoms with Crippen molar-refractivity contribution in [2.24, 2.45) is 0 Å². The van der Waals surface area contributed by atoms with E-state index in [1.807, 2.05) is 6.92 Å². The van der Waals surface area contributed by atoms with Crippen LogP contribution < -0.4 is 0 Å². The summed E-state index contributed by atoms with van der Waals surface area (Å²) in [5.41, 5.74) is 0. The zero-order valence-corrected chi connectivity index (χ0v) is 4.39. The molecule has 2 atom stereocenters. The fraction of sp³-hybridized carbons (Fsp3) is 0.800. The molecule has 1 fully saturated rings. The van der Waals surface area contributed by atoms with Gasteiger partial charge in [-0.25, -0.2) is 0 Å². The number of ether oxygens (including phenoxy) is 2. The van der Waals surface area contributed by atoms with E-state index in [0.717, 1.165) is 0 Å². The molecule has 1 heterocycles. The molecule has 0 aromatic heterocycles. The van der Waals surface area contributed by atoms with Gasteiger partial charge in [-0.1, -0.05) is 0 Å². The van der Waals surface area contributed by atoms with Gasteiger partial charge < -0.3 is 9.47 Å². The number of rotatable bonds is 0. The summed E-state index contributed by atoms with van der Waals surface area (Å²) < 4.78 is 9.96. The molecular weight excluding hydrogens is 92.1 g/mol. The van der Waals surface area contributed by atoms with Gasteiger partial charge in [-0.05, 0) is 6.92 Å². The average molecular weight is 101 g/mol. The van der Waals surface area contributed by atoms with E-state index in [0.29, 0.717) is 6.61 Å².